The average molecular weight is 323 g/mol. The van der Waals surface area contributed by atoms with Gasteiger partial charge in [-0.05, 0) is 6.26 Å². The lowest BCUT2D eigenvalue weighted by molar-refractivity contribution is 0.0320. The second-order valence-electron chi connectivity index (χ2n) is 3.13. The third-order valence-corrected chi connectivity index (χ3v) is 3.25. The molecule has 0 spiro atoms. The average Bonchev–Trinajstić information content (AvgIpc) is 2.35. The van der Waals surface area contributed by atoms with Crippen LogP contribution in [-0.4, -0.2) is 48.9 Å². The highest BCUT2D eigenvalue weighted by atomic mass is 79.9. The zero-order chi connectivity index (χ0) is 13.0. The number of hydrogen-bond donors (Lipinski definition) is 3. The zero-order valence-corrected chi connectivity index (χ0v) is 11.3. The molecule has 1 heterocycles. The van der Waals surface area contributed by atoms with Crippen molar-refractivity contribution < 1.29 is 20.1 Å². The van der Waals surface area contributed by atoms with E-state index < -0.39 is 18.2 Å². The number of halogens is 1. The molecule has 0 saturated carbocycles. The summed E-state index contributed by atoms with van der Waals surface area (Å²) in [7, 11) is 0. The van der Waals surface area contributed by atoms with Crippen LogP contribution < -0.4 is 0 Å². The minimum absolute atomic E-state index is 0.00208. The van der Waals surface area contributed by atoms with Crippen molar-refractivity contribution >= 4 is 33.7 Å². The normalized spacial score (nSPS) is 14.4. The molecule has 0 aliphatic rings. The Kier molecular flexibility index (Phi) is 5.31. The SMILES string of the molecule is CSc1ncc(C(O)C(O)CBr)c(C(=O)O)n1. The Labute approximate surface area is 110 Å². The molecular weight excluding hydrogens is 312 g/mol. The highest BCUT2D eigenvalue weighted by Crippen LogP contribution is 2.22. The third-order valence-electron chi connectivity index (χ3n) is 2.02. The van der Waals surface area contributed by atoms with Gasteiger partial charge in [0.1, 0.15) is 6.10 Å². The van der Waals surface area contributed by atoms with E-state index in [9.17, 15) is 15.0 Å². The van der Waals surface area contributed by atoms with Crippen LogP contribution in [-0.2, 0) is 0 Å². The molecule has 2 unspecified atom stereocenters. The van der Waals surface area contributed by atoms with Crippen LogP contribution in [0.4, 0.5) is 0 Å². The van der Waals surface area contributed by atoms with Gasteiger partial charge in [0.05, 0.1) is 6.10 Å². The van der Waals surface area contributed by atoms with E-state index in [0.717, 1.165) is 0 Å². The van der Waals surface area contributed by atoms with Gasteiger partial charge >= 0.3 is 5.97 Å². The number of rotatable bonds is 5. The molecule has 8 heteroatoms. The van der Waals surface area contributed by atoms with Crippen molar-refractivity contribution in [1.82, 2.24) is 9.97 Å². The van der Waals surface area contributed by atoms with Crippen LogP contribution in [0.5, 0.6) is 0 Å². The molecule has 0 saturated heterocycles. The van der Waals surface area contributed by atoms with Crippen molar-refractivity contribution in [2.24, 2.45) is 0 Å². The second kappa shape index (κ2) is 6.29. The summed E-state index contributed by atoms with van der Waals surface area (Å²) in [5, 5.41) is 28.6. The van der Waals surface area contributed by atoms with Gasteiger partial charge in [-0.2, -0.15) is 0 Å². The number of hydrogen-bond acceptors (Lipinski definition) is 6. The lowest BCUT2D eigenvalue weighted by atomic mass is 10.1. The number of aromatic carboxylic acids is 1. The minimum Gasteiger partial charge on any atom is -0.476 e. The maximum Gasteiger partial charge on any atom is 0.355 e. The summed E-state index contributed by atoms with van der Waals surface area (Å²) in [6, 6.07) is 0. The molecule has 0 bridgehead atoms. The number of aromatic nitrogens is 2. The number of nitrogens with zero attached hydrogens (tertiary/aromatic N) is 2. The van der Waals surface area contributed by atoms with Crippen molar-refractivity contribution in [3.05, 3.63) is 17.5 Å². The fourth-order valence-electron chi connectivity index (χ4n) is 1.15. The summed E-state index contributed by atoms with van der Waals surface area (Å²) in [4.78, 5) is 18.7. The molecule has 0 aromatic carbocycles. The highest BCUT2D eigenvalue weighted by molar-refractivity contribution is 9.09. The van der Waals surface area contributed by atoms with Crippen LogP contribution in [0.15, 0.2) is 11.4 Å². The number of carbonyl (C=O) groups is 1. The summed E-state index contributed by atoms with van der Waals surface area (Å²) < 4.78 is 0. The lowest BCUT2D eigenvalue weighted by Crippen LogP contribution is -2.23. The zero-order valence-electron chi connectivity index (χ0n) is 8.87. The number of carboxylic acid groups (broad SMARTS) is 1. The van der Waals surface area contributed by atoms with E-state index in [1.165, 1.54) is 18.0 Å². The Balaban J connectivity index is 3.18. The molecule has 1 aromatic rings. The summed E-state index contributed by atoms with van der Waals surface area (Å²) >= 11 is 4.20. The molecule has 2 atom stereocenters. The van der Waals surface area contributed by atoms with E-state index >= 15 is 0 Å². The Hall–Kier alpha value is -0.700. The smallest absolute Gasteiger partial charge is 0.355 e. The predicted molar refractivity (Wildman–Crippen MR) is 65.5 cm³/mol. The Bertz CT molecular complexity index is 418. The molecule has 3 N–H and O–H groups in total. The standard InChI is InChI=1S/C9H11BrN2O4S/c1-17-9-11-3-4(6(12-9)8(15)16)7(14)5(13)2-10/h3,5,7,13-14H,2H2,1H3,(H,15,16). The van der Waals surface area contributed by atoms with E-state index in [4.69, 9.17) is 5.11 Å². The van der Waals surface area contributed by atoms with Crippen molar-refractivity contribution in [2.45, 2.75) is 17.4 Å². The van der Waals surface area contributed by atoms with Crippen LogP contribution in [0.3, 0.4) is 0 Å². The molecule has 0 aliphatic carbocycles. The molecular formula is C9H11BrN2O4S. The van der Waals surface area contributed by atoms with E-state index in [2.05, 4.69) is 25.9 Å². The Morgan fingerprint density at radius 3 is 2.71 bits per heavy atom. The van der Waals surface area contributed by atoms with Gasteiger partial charge in [-0.3, -0.25) is 0 Å². The maximum absolute atomic E-state index is 11.0. The largest absolute Gasteiger partial charge is 0.476 e. The first kappa shape index (κ1) is 14.4. The van der Waals surface area contributed by atoms with Crippen molar-refractivity contribution in [2.75, 3.05) is 11.6 Å². The summed E-state index contributed by atoms with van der Waals surface area (Å²) in [5.41, 5.74) is -0.292. The molecule has 17 heavy (non-hydrogen) atoms. The van der Waals surface area contributed by atoms with Gasteiger partial charge in [-0.25, -0.2) is 14.8 Å². The third kappa shape index (κ3) is 3.38. The van der Waals surface area contributed by atoms with Crippen molar-refractivity contribution in [3.63, 3.8) is 0 Å². The van der Waals surface area contributed by atoms with Gasteiger partial charge in [0.15, 0.2) is 10.9 Å². The van der Waals surface area contributed by atoms with Crippen molar-refractivity contribution in [1.29, 1.82) is 0 Å². The van der Waals surface area contributed by atoms with Gasteiger partial charge in [-0.1, -0.05) is 27.7 Å². The number of alkyl halides is 1. The van der Waals surface area contributed by atoms with Gasteiger partial charge in [0.25, 0.3) is 0 Å². The molecule has 0 aliphatic heterocycles. The van der Waals surface area contributed by atoms with Crippen LogP contribution >= 0.6 is 27.7 Å². The maximum atomic E-state index is 11.0. The van der Waals surface area contributed by atoms with Crippen LogP contribution in [0.1, 0.15) is 22.2 Å². The van der Waals surface area contributed by atoms with Crippen LogP contribution in [0.25, 0.3) is 0 Å². The number of carboxylic acids is 1. The number of thioether (sulfide) groups is 1. The van der Waals surface area contributed by atoms with Gasteiger partial charge in [0.2, 0.25) is 0 Å². The molecule has 1 aromatic heterocycles. The van der Waals surface area contributed by atoms with E-state index in [-0.39, 0.29) is 16.6 Å². The van der Waals surface area contributed by atoms with Gasteiger partial charge < -0.3 is 15.3 Å². The molecule has 6 nitrogen and oxygen atoms in total. The lowest BCUT2D eigenvalue weighted by Gasteiger charge is -2.17. The number of aliphatic hydroxyl groups excluding tert-OH is 2. The highest BCUT2D eigenvalue weighted by Gasteiger charge is 2.25. The van der Waals surface area contributed by atoms with Gasteiger partial charge in [0, 0.05) is 17.1 Å². The van der Waals surface area contributed by atoms with E-state index in [1.54, 1.807) is 6.26 Å². The Morgan fingerprint density at radius 1 is 1.59 bits per heavy atom. The van der Waals surface area contributed by atoms with E-state index in [1.807, 2.05) is 0 Å². The molecule has 1 rings (SSSR count). The first-order valence-corrected chi connectivity index (χ1v) is 6.92. The molecule has 0 radical (unpaired) electrons. The quantitative estimate of drug-likeness (QED) is 0.416. The van der Waals surface area contributed by atoms with Gasteiger partial charge in [-0.15, -0.1) is 0 Å². The fourth-order valence-corrected chi connectivity index (χ4v) is 1.85. The fraction of sp³-hybridized carbons (Fsp3) is 0.444. The van der Waals surface area contributed by atoms with Crippen LogP contribution in [0, 0.1) is 0 Å². The molecule has 94 valence electrons. The number of aliphatic hydroxyl groups is 2. The summed E-state index contributed by atoms with van der Waals surface area (Å²) in [5.74, 6) is -1.27. The van der Waals surface area contributed by atoms with E-state index in [0.29, 0.717) is 5.16 Å². The Morgan fingerprint density at radius 2 is 2.24 bits per heavy atom. The topological polar surface area (TPSA) is 104 Å². The minimum atomic E-state index is -1.34. The predicted octanol–water partition coefficient (Wildman–Crippen LogP) is 0.686. The monoisotopic (exact) mass is 322 g/mol. The molecule has 0 amide bonds. The molecule has 0 fully saturated rings. The van der Waals surface area contributed by atoms with Crippen LogP contribution in [0.2, 0.25) is 0 Å². The summed E-state index contributed by atoms with van der Waals surface area (Å²) in [6.45, 7) is 0. The van der Waals surface area contributed by atoms with Crippen molar-refractivity contribution in [3.8, 4) is 0 Å². The summed E-state index contributed by atoms with van der Waals surface area (Å²) in [6.07, 6.45) is 0.483. The first-order chi connectivity index (χ1) is 8.01. The second-order valence-corrected chi connectivity index (χ2v) is 4.55. The first-order valence-electron chi connectivity index (χ1n) is 4.57.